The van der Waals surface area contributed by atoms with Crippen molar-refractivity contribution in [3.63, 3.8) is 0 Å². The summed E-state index contributed by atoms with van der Waals surface area (Å²) in [5.74, 6) is -7.41. The van der Waals surface area contributed by atoms with Gasteiger partial charge in [0.25, 0.3) is 0 Å². The minimum atomic E-state index is -6.49. The van der Waals surface area contributed by atoms with Crippen LogP contribution in [0.15, 0.2) is 18.2 Å². The first kappa shape index (κ1) is 19.9. The Labute approximate surface area is 134 Å². The van der Waals surface area contributed by atoms with Crippen molar-refractivity contribution in [2.45, 2.75) is 24.5 Å². The molecule has 13 heteroatoms. The van der Waals surface area contributed by atoms with Gasteiger partial charge in [0.05, 0.1) is 5.69 Å². The Kier molecular flexibility index (Phi) is 5.23. The summed E-state index contributed by atoms with van der Waals surface area (Å²) >= 11 is 1.12. The summed E-state index contributed by atoms with van der Waals surface area (Å²) < 4.78 is 128. The van der Waals surface area contributed by atoms with Gasteiger partial charge in [0.15, 0.2) is 5.75 Å². The van der Waals surface area contributed by atoms with Crippen LogP contribution in [-0.4, -0.2) is 24.5 Å². The number of hydrogen-bond donors (Lipinski definition) is 1. The zero-order valence-corrected chi connectivity index (χ0v) is 12.5. The molecule has 0 saturated heterocycles. The van der Waals surface area contributed by atoms with Crippen molar-refractivity contribution in [2.75, 3.05) is 5.32 Å². The van der Waals surface area contributed by atoms with Gasteiger partial charge in [0.2, 0.25) is 0 Å². The average Bonchev–Trinajstić information content (AvgIpc) is 2.28. The second kappa shape index (κ2) is 6.05. The van der Waals surface area contributed by atoms with Gasteiger partial charge in [-0.05, 0) is 34.7 Å². The number of rotatable bonds is 3. The van der Waals surface area contributed by atoms with Gasteiger partial charge in [-0.25, -0.2) is 0 Å². The summed E-state index contributed by atoms with van der Waals surface area (Å²) in [4.78, 5) is 0. The largest absolute Gasteiger partial charge is 0.573 e. The van der Waals surface area contributed by atoms with Crippen LogP contribution in [0.1, 0.15) is 0 Å². The van der Waals surface area contributed by atoms with Gasteiger partial charge in [-0.3, -0.25) is 0 Å². The number of halogens is 11. The van der Waals surface area contributed by atoms with Crippen molar-refractivity contribution in [1.29, 1.82) is 0 Å². The topological polar surface area (TPSA) is 21.3 Å². The Balaban J connectivity index is 3.41. The van der Waals surface area contributed by atoms with Gasteiger partial charge in [-0.2, -0.15) is 30.7 Å². The maximum absolute atomic E-state index is 13.6. The highest BCUT2D eigenvalue weighted by Crippen LogP contribution is 2.48. The number of para-hydroxylation sites is 1. The van der Waals surface area contributed by atoms with Gasteiger partial charge in [-0.1, -0.05) is 6.07 Å². The molecular weight excluding hydrogens is 467 g/mol. The minimum absolute atomic E-state index is 0.436. The molecule has 0 unspecified atom stereocenters. The standard InChI is InChI=1S/C10H4F10INO/c11-7(8(12,13)14,9(15,16)17)22-6-4(21)2-1-3-5(6)23-10(18,19)20/h1-3,22H. The molecule has 0 aliphatic rings. The summed E-state index contributed by atoms with van der Waals surface area (Å²) in [5, 5.41) is 0.446. The lowest BCUT2D eigenvalue weighted by Crippen LogP contribution is -2.59. The van der Waals surface area contributed by atoms with E-state index in [4.69, 9.17) is 0 Å². The quantitative estimate of drug-likeness (QED) is 0.363. The fourth-order valence-electron chi connectivity index (χ4n) is 1.31. The molecule has 0 fully saturated rings. The lowest BCUT2D eigenvalue weighted by molar-refractivity contribution is -0.330. The lowest BCUT2D eigenvalue weighted by Gasteiger charge is -2.32. The molecule has 0 aromatic heterocycles. The van der Waals surface area contributed by atoms with Crippen molar-refractivity contribution in [1.82, 2.24) is 0 Å². The van der Waals surface area contributed by atoms with Crippen molar-refractivity contribution in [3.05, 3.63) is 21.8 Å². The van der Waals surface area contributed by atoms with Crippen LogP contribution in [0, 0.1) is 3.57 Å². The Hall–Kier alpha value is -1.15. The number of benzene rings is 1. The molecule has 23 heavy (non-hydrogen) atoms. The van der Waals surface area contributed by atoms with Crippen LogP contribution >= 0.6 is 22.6 Å². The Morgan fingerprint density at radius 2 is 1.30 bits per heavy atom. The van der Waals surface area contributed by atoms with E-state index in [9.17, 15) is 43.9 Å². The van der Waals surface area contributed by atoms with Crippen LogP contribution in [0.25, 0.3) is 0 Å². The van der Waals surface area contributed by atoms with Crippen LogP contribution in [0.5, 0.6) is 5.75 Å². The van der Waals surface area contributed by atoms with Crippen molar-refractivity contribution in [2.24, 2.45) is 0 Å². The molecule has 132 valence electrons. The van der Waals surface area contributed by atoms with E-state index in [0.29, 0.717) is 11.4 Å². The smallest absolute Gasteiger partial charge is 0.404 e. The molecule has 0 aliphatic carbocycles. The number of alkyl halides is 10. The van der Waals surface area contributed by atoms with Crippen molar-refractivity contribution < 1.29 is 48.6 Å². The van der Waals surface area contributed by atoms with E-state index in [0.717, 1.165) is 34.7 Å². The van der Waals surface area contributed by atoms with Gasteiger partial charge < -0.3 is 10.1 Å². The third-order valence-electron chi connectivity index (χ3n) is 2.28. The van der Waals surface area contributed by atoms with E-state index >= 15 is 0 Å². The second-order valence-electron chi connectivity index (χ2n) is 3.94. The van der Waals surface area contributed by atoms with Crippen molar-refractivity contribution >= 4 is 28.3 Å². The van der Waals surface area contributed by atoms with Crippen LogP contribution in [0.4, 0.5) is 49.6 Å². The summed E-state index contributed by atoms with van der Waals surface area (Å²) in [7, 11) is 0. The highest BCUT2D eigenvalue weighted by atomic mass is 127. The van der Waals surface area contributed by atoms with E-state index in [1.54, 1.807) is 0 Å². The molecule has 0 bridgehead atoms. The maximum atomic E-state index is 13.6. The maximum Gasteiger partial charge on any atom is 0.573 e. The molecule has 1 aromatic rings. The predicted molar refractivity (Wildman–Crippen MR) is 65.4 cm³/mol. The monoisotopic (exact) mass is 471 g/mol. The highest BCUT2D eigenvalue weighted by molar-refractivity contribution is 14.1. The van der Waals surface area contributed by atoms with Gasteiger partial charge >= 0.3 is 24.5 Å². The molecule has 0 radical (unpaired) electrons. The average molecular weight is 471 g/mol. The zero-order chi connectivity index (χ0) is 18.3. The van der Waals surface area contributed by atoms with Crippen LogP contribution in [0.2, 0.25) is 0 Å². The van der Waals surface area contributed by atoms with E-state index in [2.05, 4.69) is 4.74 Å². The van der Waals surface area contributed by atoms with Gasteiger partial charge in [0, 0.05) is 3.57 Å². The molecule has 0 amide bonds. The van der Waals surface area contributed by atoms with E-state index in [1.165, 1.54) is 0 Å². The molecule has 0 saturated carbocycles. The first-order chi connectivity index (χ1) is 10.1. The molecule has 1 aromatic carbocycles. The van der Waals surface area contributed by atoms with Gasteiger partial charge in [-0.15, -0.1) is 13.2 Å². The number of nitrogens with one attached hydrogen (secondary N) is 1. The summed E-state index contributed by atoms with van der Waals surface area (Å²) in [5.41, 5.74) is -1.44. The molecule has 0 heterocycles. The molecule has 2 nitrogen and oxygen atoms in total. The Morgan fingerprint density at radius 3 is 1.70 bits per heavy atom. The molecule has 0 aliphatic heterocycles. The van der Waals surface area contributed by atoms with Crippen LogP contribution in [0.3, 0.4) is 0 Å². The summed E-state index contributed by atoms with van der Waals surface area (Å²) in [6.07, 6.45) is -18.4. The van der Waals surface area contributed by atoms with Gasteiger partial charge in [0.1, 0.15) is 0 Å². The fourth-order valence-corrected chi connectivity index (χ4v) is 1.92. The zero-order valence-electron chi connectivity index (χ0n) is 10.3. The molecular formula is C10H4F10INO. The third kappa shape index (κ3) is 4.44. The molecule has 1 N–H and O–H groups in total. The highest BCUT2D eigenvalue weighted by Gasteiger charge is 2.73. The number of hydrogen-bond acceptors (Lipinski definition) is 2. The first-order valence-electron chi connectivity index (χ1n) is 5.23. The van der Waals surface area contributed by atoms with E-state index < -0.39 is 39.5 Å². The van der Waals surface area contributed by atoms with E-state index in [1.807, 2.05) is 0 Å². The van der Waals surface area contributed by atoms with Crippen molar-refractivity contribution in [3.8, 4) is 5.75 Å². The summed E-state index contributed by atoms with van der Waals surface area (Å²) in [6.45, 7) is 0. The van der Waals surface area contributed by atoms with Crippen LogP contribution in [-0.2, 0) is 0 Å². The predicted octanol–water partition coefficient (Wildman–Crippen LogP) is 5.39. The third-order valence-corrected chi connectivity index (χ3v) is 3.18. The Morgan fingerprint density at radius 1 is 0.826 bits per heavy atom. The number of anilines is 1. The second-order valence-corrected chi connectivity index (χ2v) is 5.10. The lowest BCUT2D eigenvalue weighted by atomic mass is 10.2. The Bertz CT molecular complexity index is 550. The fraction of sp³-hybridized carbons (Fsp3) is 0.400. The normalized spacial score (nSPS) is 13.9. The minimum Gasteiger partial charge on any atom is -0.404 e. The summed E-state index contributed by atoms with van der Waals surface area (Å²) in [6, 6.07) is 2.17. The molecule has 0 atom stereocenters. The van der Waals surface area contributed by atoms with E-state index in [-0.39, 0.29) is 0 Å². The number of ether oxygens (including phenoxy) is 1. The first-order valence-corrected chi connectivity index (χ1v) is 6.31. The molecule has 1 rings (SSSR count). The van der Waals surface area contributed by atoms with Crippen LogP contribution < -0.4 is 10.1 Å². The SMILES string of the molecule is FC(F)(F)Oc1cccc(I)c1NC(F)(C(F)(F)F)C(F)(F)F. The molecule has 0 spiro atoms.